The van der Waals surface area contributed by atoms with E-state index in [9.17, 15) is 9.59 Å². The van der Waals surface area contributed by atoms with Crippen molar-refractivity contribution in [2.75, 3.05) is 6.61 Å². The van der Waals surface area contributed by atoms with Crippen molar-refractivity contribution in [2.45, 2.75) is 46.6 Å². The number of amides is 2. The molecule has 2 N–H and O–H groups in total. The third-order valence-electron chi connectivity index (χ3n) is 4.31. The second-order valence-electron chi connectivity index (χ2n) is 7.03. The number of nitrogens with one attached hydrogen (secondary N) is 2. The summed E-state index contributed by atoms with van der Waals surface area (Å²) in [5, 5.41) is 0. The van der Waals surface area contributed by atoms with E-state index in [-0.39, 0.29) is 6.61 Å². The van der Waals surface area contributed by atoms with E-state index in [2.05, 4.69) is 24.7 Å². The third kappa shape index (κ3) is 6.01. The van der Waals surface area contributed by atoms with Gasteiger partial charge >= 0.3 is 0 Å². The van der Waals surface area contributed by atoms with Crippen LogP contribution >= 0.6 is 0 Å². The molecule has 0 bridgehead atoms. The van der Waals surface area contributed by atoms with E-state index in [1.807, 2.05) is 56.3 Å². The van der Waals surface area contributed by atoms with Crippen LogP contribution in [0.25, 0.3) is 0 Å². The van der Waals surface area contributed by atoms with Gasteiger partial charge in [-0.05, 0) is 55.5 Å². The highest BCUT2D eigenvalue weighted by atomic mass is 16.5. The Morgan fingerprint density at radius 3 is 2.11 bits per heavy atom. The van der Waals surface area contributed by atoms with Crippen LogP contribution in [-0.4, -0.2) is 24.5 Å². The lowest BCUT2D eigenvalue weighted by atomic mass is 10.0. The molecule has 28 heavy (non-hydrogen) atoms. The number of rotatable bonds is 7. The van der Waals surface area contributed by atoms with Gasteiger partial charge in [0, 0.05) is 0 Å². The van der Waals surface area contributed by atoms with E-state index < -0.39 is 17.9 Å². The molecule has 0 fully saturated rings. The number of carbonyl (C=O) groups excluding carboxylic acids is 2. The predicted octanol–water partition coefficient (Wildman–Crippen LogP) is 3.42. The smallest absolute Gasteiger partial charge is 0.279 e. The zero-order valence-electron chi connectivity index (χ0n) is 17.0. The number of aryl methyl sites for hydroxylation is 2. The molecule has 0 saturated heterocycles. The fourth-order valence-electron chi connectivity index (χ4n) is 2.62. The molecule has 0 aliphatic carbocycles. The number of ether oxygens (including phenoxy) is 2. The summed E-state index contributed by atoms with van der Waals surface area (Å²) in [4.78, 5) is 24.1. The third-order valence-corrected chi connectivity index (χ3v) is 4.31. The van der Waals surface area contributed by atoms with Crippen molar-refractivity contribution in [3.63, 3.8) is 0 Å². The van der Waals surface area contributed by atoms with Gasteiger partial charge in [0.25, 0.3) is 11.8 Å². The zero-order chi connectivity index (χ0) is 20.7. The molecule has 0 heterocycles. The summed E-state index contributed by atoms with van der Waals surface area (Å²) in [6, 6.07) is 13.3. The van der Waals surface area contributed by atoms with Gasteiger partial charge in [-0.1, -0.05) is 44.2 Å². The first-order chi connectivity index (χ1) is 13.3. The van der Waals surface area contributed by atoms with Crippen molar-refractivity contribution >= 4 is 11.8 Å². The van der Waals surface area contributed by atoms with Crippen LogP contribution in [0.1, 0.15) is 43.4 Å². The normalized spacial score (nSPS) is 11.6. The highest BCUT2D eigenvalue weighted by Gasteiger charge is 2.16. The monoisotopic (exact) mass is 384 g/mol. The van der Waals surface area contributed by atoms with Crippen LogP contribution in [0.2, 0.25) is 0 Å². The zero-order valence-corrected chi connectivity index (χ0v) is 17.0. The van der Waals surface area contributed by atoms with Crippen LogP contribution in [0.15, 0.2) is 42.5 Å². The van der Waals surface area contributed by atoms with Crippen LogP contribution in [0, 0.1) is 13.8 Å². The van der Waals surface area contributed by atoms with Crippen LogP contribution in [-0.2, 0) is 9.59 Å². The molecule has 150 valence electrons. The van der Waals surface area contributed by atoms with E-state index in [0.717, 1.165) is 11.1 Å². The Bertz CT molecular complexity index is 796. The van der Waals surface area contributed by atoms with Crippen molar-refractivity contribution < 1.29 is 19.1 Å². The van der Waals surface area contributed by atoms with E-state index in [0.29, 0.717) is 17.4 Å². The van der Waals surface area contributed by atoms with Crippen LogP contribution in [0.3, 0.4) is 0 Å². The van der Waals surface area contributed by atoms with Crippen molar-refractivity contribution in [1.29, 1.82) is 0 Å². The Balaban J connectivity index is 1.78. The molecule has 0 aliphatic rings. The Kier molecular flexibility index (Phi) is 7.44. The summed E-state index contributed by atoms with van der Waals surface area (Å²) in [6.45, 7) is 9.46. The minimum atomic E-state index is -0.760. The van der Waals surface area contributed by atoms with E-state index in [1.165, 1.54) is 5.56 Å². The predicted molar refractivity (Wildman–Crippen MR) is 108 cm³/mol. The van der Waals surface area contributed by atoms with E-state index in [1.54, 1.807) is 6.92 Å². The molecule has 2 amide bonds. The average Bonchev–Trinajstić information content (AvgIpc) is 2.66. The summed E-state index contributed by atoms with van der Waals surface area (Å²) in [5.41, 5.74) is 7.78. The number of benzene rings is 2. The topological polar surface area (TPSA) is 76.7 Å². The molecule has 6 nitrogen and oxygen atoms in total. The first kappa shape index (κ1) is 21.3. The average molecular weight is 384 g/mol. The lowest BCUT2D eigenvalue weighted by molar-refractivity contribution is -0.133. The van der Waals surface area contributed by atoms with Crippen molar-refractivity contribution in [1.82, 2.24) is 10.9 Å². The van der Waals surface area contributed by atoms with Gasteiger partial charge < -0.3 is 9.47 Å². The Hall–Kier alpha value is -3.02. The molecule has 1 atom stereocenters. The van der Waals surface area contributed by atoms with Gasteiger partial charge in [0.2, 0.25) is 0 Å². The fraction of sp³-hybridized carbons (Fsp3) is 0.364. The van der Waals surface area contributed by atoms with E-state index >= 15 is 0 Å². The minimum Gasteiger partial charge on any atom is -0.483 e. The molecule has 0 spiro atoms. The van der Waals surface area contributed by atoms with Crippen molar-refractivity contribution in [3.05, 3.63) is 59.2 Å². The lowest BCUT2D eigenvalue weighted by Gasteiger charge is -2.16. The van der Waals surface area contributed by atoms with E-state index in [4.69, 9.17) is 9.47 Å². The molecular weight excluding hydrogens is 356 g/mol. The minimum absolute atomic E-state index is 0.197. The van der Waals surface area contributed by atoms with Gasteiger partial charge in [0.1, 0.15) is 11.5 Å². The standard InChI is InChI=1S/C22H28N2O4/c1-14(2)18-9-11-19(12-10-18)28-17(5)22(26)24-23-20(25)13-27-21-15(3)7-6-8-16(21)4/h6-12,14,17H,13H2,1-5H3,(H,23,25)(H,24,26)/t17-/m0/s1. The molecular formula is C22H28N2O4. The van der Waals surface area contributed by atoms with Crippen molar-refractivity contribution in [2.24, 2.45) is 0 Å². The summed E-state index contributed by atoms with van der Waals surface area (Å²) in [7, 11) is 0. The number of hydrogen-bond acceptors (Lipinski definition) is 4. The number of para-hydroxylation sites is 1. The molecule has 0 aromatic heterocycles. The van der Waals surface area contributed by atoms with Gasteiger partial charge in [-0.25, -0.2) is 0 Å². The summed E-state index contributed by atoms with van der Waals surface area (Å²) in [6.07, 6.45) is -0.760. The quantitative estimate of drug-likeness (QED) is 0.717. The molecule has 0 radical (unpaired) electrons. The molecule has 2 rings (SSSR count). The summed E-state index contributed by atoms with van der Waals surface area (Å²) >= 11 is 0. The number of hydrogen-bond donors (Lipinski definition) is 2. The van der Waals surface area contributed by atoms with Crippen LogP contribution in [0.5, 0.6) is 11.5 Å². The Morgan fingerprint density at radius 1 is 0.929 bits per heavy atom. The second-order valence-corrected chi connectivity index (χ2v) is 7.03. The number of carbonyl (C=O) groups is 2. The second kappa shape index (κ2) is 9.78. The highest BCUT2D eigenvalue weighted by molar-refractivity contribution is 5.85. The maximum atomic E-state index is 12.1. The molecule has 2 aromatic rings. The lowest BCUT2D eigenvalue weighted by Crippen LogP contribution is -2.48. The highest BCUT2D eigenvalue weighted by Crippen LogP contribution is 2.22. The first-order valence-electron chi connectivity index (χ1n) is 9.32. The summed E-state index contributed by atoms with van der Waals surface area (Å²) < 4.78 is 11.2. The van der Waals surface area contributed by atoms with Gasteiger partial charge in [0.15, 0.2) is 12.7 Å². The van der Waals surface area contributed by atoms with Crippen LogP contribution < -0.4 is 20.3 Å². The van der Waals surface area contributed by atoms with Crippen LogP contribution in [0.4, 0.5) is 0 Å². The molecule has 0 saturated carbocycles. The van der Waals surface area contributed by atoms with Crippen molar-refractivity contribution in [3.8, 4) is 11.5 Å². The number of hydrazine groups is 1. The largest absolute Gasteiger partial charge is 0.483 e. The maximum absolute atomic E-state index is 12.1. The molecule has 0 unspecified atom stereocenters. The maximum Gasteiger partial charge on any atom is 0.279 e. The SMILES string of the molecule is Cc1cccc(C)c1OCC(=O)NNC(=O)[C@H](C)Oc1ccc(C(C)C)cc1. The Labute approximate surface area is 166 Å². The molecule has 0 aliphatic heterocycles. The first-order valence-corrected chi connectivity index (χ1v) is 9.32. The van der Waals surface area contributed by atoms with Gasteiger partial charge in [-0.3, -0.25) is 20.4 Å². The molecule has 2 aromatic carbocycles. The van der Waals surface area contributed by atoms with Gasteiger partial charge in [-0.2, -0.15) is 0 Å². The van der Waals surface area contributed by atoms with Gasteiger partial charge in [0.05, 0.1) is 0 Å². The summed E-state index contributed by atoms with van der Waals surface area (Å²) in [5.74, 6) is 0.788. The molecule has 6 heteroatoms. The van der Waals surface area contributed by atoms with Gasteiger partial charge in [-0.15, -0.1) is 0 Å². The fourth-order valence-corrected chi connectivity index (χ4v) is 2.62. The Morgan fingerprint density at radius 2 is 1.54 bits per heavy atom.